The fourth-order valence-electron chi connectivity index (χ4n) is 3.60. The molecule has 0 bridgehead atoms. The highest BCUT2D eigenvalue weighted by Gasteiger charge is 2.24. The number of carbonyl (C=O) groups is 1. The number of aromatic nitrogens is 3. The van der Waals surface area contributed by atoms with Crippen molar-refractivity contribution < 1.29 is 9.18 Å². The molecule has 9 heteroatoms. The molecule has 0 spiro atoms. The number of benzene rings is 2. The molecule has 2 aromatic heterocycles. The number of amides is 1. The molecule has 1 amide bonds. The minimum absolute atomic E-state index is 0.197. The van der Waals surface area contributed by atoms with Gasteiger partial charge in [0.1, 0.15) is 16.6 Å². The number of fused-ring (bicyclic) bond motifs is 1. The summed E-state index contributed by atoms with van der Waals surface area (Å²) < 4.78 is 14.8. The predicted octanol–water partition coefficient (Wildman–Crippen LogP) is 2.92. The average Bonchev–Trinajstić information content (AvgIpc) is 3.24. The van der Waals surface area contributed by atoms with Gasteiger partial charge >= 0.3 is 0 Å². The van der Waals surface area contributed by atoms with Gasteiger partial charge in [-0.05, 0) is 18.2 Å². The van der Waals surface area contributed by atoms with Crippen molar-refractivity contribution >= 4 is 28.0 Å². The van der Waals surface area contributed by atoms with Crippen molar-refractivity contribution in [3.63, 3.8) is 0 Å². The highest BCUT2D eigenvalue weighted by Crippen LogP contribution is 2.25. The molecule has 2 aromatic carbocycles. The van der Waals surface area contributed by atoms with E-state index >= 15 is 0 Å². The first kappa shape index (κ1) is 19.4. The molecule has 4 aromatic rings. The topological polar surface area (TPSA) is 70.8 Å². The monoisotopic (exact) mass is 435 g/mol. The fourth-order valence-corrected chi connectivity index (χ4v) is 4.51. The molecule has 31 heavy (non-hydrogen) atoms. The van der Waals surface area contributed by atoms with E-state index in [4.69, 9.17) is 0 Å². The Balaban J connectivity index is 1.35. The molecule has 0 unspecified atom stereocenters. The lowest BCUT2D eigenvalue weighted by atomic mass is 10.1. The highest BCUT2D eigenvalue weighted by atomic mass is 32.1. The number of piperazine rings is 1. The largest absolute Gasteiger partial charge is 0.353 e. The molecule has 0 N–H and O–H groups in total. The SMILES string of the molecule is O=C(c1cccc(F)c1)N1CCN(c2cc(=O)n3nc(-c4ccccc4)sc3n2)CC1. The summed E-state index contributed by atoms with van der Waals surface area (Å²) >= 11 is 1.36. The maximum Gasteiger partial charge on any atom is 0.277 e. The maximum absolute atomic E-state index is 13.4. The number of halogens is 1. The summed E-state index contributed by atoms with van der Waals surface area (Å²) in [4.78, 5) is 34.1. The van der Waals surface area contributed by atoms with Crippen LogP contribution in [0.3, 0.4) is 0 Å². The molecule has 7 nitrogen and oxygen atoms in total. The molecule has 0 saturated carbocycles. The first-order chi connectivity index (χ1) is 15.1. The Hall–Kier alpha value is -3.59. The smallest absolute Gasteiger partial charge is 0.277 e. The van der Waals surface area contributed by atoms with Crippen LogP contribution < -0.4 is 10.5 Å². The summed E-state index contributed by atoms with van der Waals surface area (Å²) in [6.45, 7) is 2.00. The van der Waals surface area contributed by atoms with Crippen LogP contribution in [0.5, 0.6) is 0 Å². The van der Waals surface area contributed by atoms with Crippen molar-refractivity contribution in [2.24, 2.45) is 0 Å². The van der Waals surface area contributed by atoms with Crippen LogP contribution in [-0.2, 0) is 0 Å². The second-order valence-electron chi connectivity index (χ2n) is 7.21. The van der Waals surface area contributed by atoms with Gasteiger partial charge < -0.3 is 9.80 Å². The van der Waals surface area contributed by atoms with Gasteiger partial charge in [0.25, 0.3) is 11.5 Å². The van der Waals surface area contributed by atoms with Crippen LogP contribution in [0.4, 0.5) is 10.2 Å². The van der Waals surface area contributed by atoms with E-state index < -0.39 is 5.82 Å². The Morgan fingerprint density at radius 1 is 0.968 bits per heavy atom. The Bertz CT molecular complexity index is 1310. The Morgan fingerprint density at radius 2 is 1.74 bits per heavy atom. The zero-order valence-electron chi connectivity index (χ0n) is 16.4. The van der Waals surface area contributed by atoms with E-state index in [2.05, 4.69) is 10.1 Å². The highest BCUT2D eigenvalue weighted by molar-refractivity contribution is 7.19. The van der Waals surface area contributed by atoms with E-state index in [-0.39, 0.29) is 11.5 Å². The van der Waals surface area contributed by atoms with Crippen LogP contribution in [0.2, 0.25) is 0 Å². The van der Waals surface area contributed by atoms with E-state index in [9.17, 15) is 14.0 Å². The van der Waals surface area contributed by atoms with Gasteiger partial charge in [-0.15, -0.1) is 0 Å². The third-order valence-corrected chi connectivity index (χ3v) is 6.17. The molecule has 1 saturated heterocycles. The van der Waals surface area contributed by atoms with Crippen LogP contribution in [0.25, 0.3) is 15.5 Å². The lowest BCUT2D eigenvalue weighted by Crippen LogP contribution is -2.49. The van der Waals surface area contributed by atoms with Crippen LogP contribution >= 0.6 is 11.3 Å². The van der Waals surface area contributed by atoms with Crippen LogP contribution in [-0.4, -0.2) is 51.6 Å². The summed E-state index contributed by atoms with van der Waals surface area (Å²) in [7, 11) is 0. The molecular weight excluding hydrogens is 417 g/mol. The van der Waals surface area contributed by atoms with Crippen LogP contribution in [0.1, 0.15) is 10.4 Å². The molecule has 0 aliphatic carbocycles. The van der Waals surface area contributed by atoms with Crippen molar-refractivity contribution in [3.8, 4) is 10.6 Å². The molecule has 0 atom stereocenters. The zero-order chi connectivity index (χ0) is 21.4. The van der Waals surface area contributed by atoms with Gasteiger partial charge in [-0.1, -0.05) is 47.7 Å². The minimum Gasteiger partial charge on any atom is -0.353 e. The number of rotatable bonds is 3. The quantitative estimate of drug-likeness (QED) is 0.495. The van der Waals surface area contributed by atoms with Gasteiger partial charge in [-0.25, -0.2) is 9.37 Å². The molecular formula is C22H18FN5O2S. The van der Waals surface area contributed by atoms with Gasteiger partial charge in [0.05, 0.1) is 0 Å². The first-order valence-corrected chi connectivity index (χ1v) is 10.7. The Labute approximate surface area is 181 Å². The van der Waals surface area contributed by atoms with Crippen LogP contribution in [0.15, 0.2) is 65.5 Å². The first-order valence-electron chi connectivity index (χ1n) is 9.85. The van der Waals surface area contributed by atoms with Gasteiger partial charge in [-0.2, -0.15) is 9.61 Å². The number of hydrogen-bond acceptors (Lipinski definition) is 6. The minimum atomic E-state index is -0.429. The summed E-state index contributed by atoms with van der Waals surface area (Å²) in [5, 5.41) is 5.13. The second-order valence-corrected chi connectivity index (χ2v) is 8.17. The number of carbonyl (C=O) groups excluding carboxylic acids is 1. The fraction of sp³-hybridized carbons (Fsp3) is 0.182. The molecule has 3 heterocycles. The van der Waals surface area contributed by atoms with Gasteiger partial charge in [0.15, 0.2) is 0 Å². The van der Waals surface area contributed by atoms with Gasteiger partial charge in [0, 0.05) is 43.4 Å². The van der Waals surface area contributed by atoms with Crippen molar-refractivity contribution in [2.45, 2.75) is 0 Å². The number of hydrogen-bond donors (Lipinski definition) is 0. The zero-order valence-corrected chi connectivity index (χ0v) is 17.3. The summed E-state index contributed by atoms with van der Waals surface area (Å²) in [6, 6.07) is 16.9. The van der Waals surface area contributed by atoms with E-state index in [0.29, 0.717) is 42.5 Å². The van der Waals surface area contributed by atoms with E-state index in [0.717, 1.165) is 10.6 Å². The third kappa shape index (κ3) is 3.79. The Morgan fingerprint density at radius 3 is 2.48 bits per heavy atom. The molecule has 1 aliphatic rings. The third-order valence-electron chi connectivity index (χ3n) is 5.21. The van der Waals surface area contributed by atoms with Crippen molar-refractivity contribution in [3.05, 3.63) is 82.4 Å². The lowest BCUT2D eigenvalue weighted by molar-refractivity contribution is 0.0746. The Kier molecular flexibility index (Phi) is 4.95. The van der Waals surface area contributed by atoms with Crippen molar-refractivity contribution in [1.29, 1.82) is 0 Å². The summed E-state index contributed by atoms with van der Waals surface area (Å²) in [5.41, 5.74) is 1.03. The van der Waals surface area contributed by atoms with Crippen LogP contribution in [0, 0.1) is 5.82 Å². The molecule has 0 radical (unpaired) electrons. The maximum atomic E-state index is 13.4. The molecule has 156 valence electrons. The lowest BCUT2D eigenvalue weighted by Gasteiger charge is -2.35. The molecule has 1 aliphatic heterocycles. The average molecular weight is 435 g/mol. The van der Waals surface area contributed by atoms with Crippen molar-refractivity contribution in [1.82, 2.24) is 19.5 Å². The standard InChI is InChI=1S/C22H18FN5O2S/c23-17-8-4-7-16(13-17)21(30)27-11-9-26(10-12-27)18-14-19(29)28-22(24-18)31-20(25-28)15-5-2-1-3-6-15/h1-8,13-14H,9-12H2. The van der Waals surface area contributed by atoms with E-state index in [1.165, 1.54) is 40.1 Å². The van der Waals surface area contributed by atoms with Gasteiger partial charge in [0.2, 0.25) is 4.96 Å². The van der Waals surface area contributed by atoms with E-state index in [1.807, 2.05) is 35.2 Å². The second kappa shape index (κ2) is 7.92. The van der Waals surface area contributed by atoms with E-state index in [1.54, 1.807) is 11.0 Å². The summed E-state index contributed by atoms with van der Waals surface area (Å²) in [5.74, 6) is -0.0504. The number of nitrogens with zero attached hydrogens (tertiary/aromatic N) is 5. The summed E-state index contributed by atoms with van der Waals surface area (Å²) in [6.07, 6.45) is 0. The normalized spacial score (nSPS) is 14.2. The van der Waals surface area contributed by atoms with Gasteiger partial charge in [-0.3, -0.25) is 9.59 Å². The van der Waals surface area contributed by atoms with Crippen molar-refractivity contribution in [2.75, 3.05) is 31.1 Å². The predicted molar refractivity (Wildman–Crippen MR) is 117 cm³/mol. The molecule has 5 rings (SSSR count). The molecule has 1 fully saturated rings. The number of anilines is 1.